The molecule has 0 bridgehead atoms. The number of aliphatic hydroxyl groups is 2. The van der Waals surface area contributed by atoms with Gasteiger partial charge in [0.1, 0.15) is 11.5 Å². The summed E-state index contributed by atoms with van der Waals surface area (Å²) in [5.74, 6) is 0. The summed E-state index contributed by atoms with van der Waals surface area (Å²) in [6.45, 7) is 2.04. The number of likely N-dealkylation sites (tertiary alicyclic amines) is 1. The van der Waals surface area contributed by atoms with E-state index in [1.807, 2.05) is 0 Å². The molecule has 4 unspecified atom stereocenters. The van der Waals surface area contributed by atoms with E-state index in [2.05, 4.69) is 9.89 Å². The first-order valence-electron chi connectivity index (χ1n) is 5.71. The Kier molecular flexibility index (Phi) is 2.83. The number of fused-ring (bicyclic) bond motifs is 1. The third-order valence-corrected chi connectivity index (χ3v) is 4.57. The normalized spacial score (nSPS) is 42.6. The molecule has 2 N–H and O–H groups in total. The number of rotatable bonds is 1. The number of nitrogens with zero attached hydrogens (tertiary/aromatic N) is 2. The highest BCUT2D eigenvalue weighted by atomic mass is 32.2. The van der Waals surface area contributed by atoms with Gasteiger partial charge < -0.3 is 19.8 Å². The second-order valence-electron chi connectivity index (χ2n) is 4.47. The topological polar surface area (TPSA) is 65.3 Å². The Bertz CT molecular complexity index is 308. The van der Waals surface area contributed by atoms with Crippen LogP contribution >= 0.6 is 11.8 Å². The highest BCUT2D eigenvalue weighted by molar-refractivity contribution is 8.14. The van der Waals surface area contributed by atoms with E-state index in [4.69, 9.17) is 9.84 Å². The van der Waals surface area contributed by atoms with Crippen LogP contribution in [0.5, 0.6) is 0 Å². The summed E-state index contributed by atoms with van der Waals surface area (Å²) in [5.41, 5.74) is -0.0175. The molecule has 3 rings (SSSR count). The Hall–Kier alpha value is -0.300. The summed E-state index contributed by atoms with van der Waals surface area (Å²) in [4.78, 5) is 6.83. The average molecular weight is 244 g/mol. The lowest BCUT2D eigenvalue weighted by Gasteiger charge is -2.34. The van der Waals surface area contributed by atoms with Crippen LogP contribution in [0, 0.1) is 0 Å². The van der Waals surface area contributed by atoms with E-state index < -0.39 is 12.2 Å². The Morgan fingerprint density at radius 2 is 2.31 bits per heavy atom. The first-order valence-corrected chi connectivity index (χ1v) is 6.59. The monoisotopic (exact) mass is 244 g/mol. The Morgan fingerprint density at radius 3 is 2.94 bits per heavy atom. The van der Waals surface area contributed by atoms with Crippen LogP contribution in [0.4, 0.5) is 0 Å². The molecule has 2 saturated heterocycles. The number of aliphatic hydroxyl groups excluding tert-OH is 2. The minimum absolute atomic E-state index is 0.0175. The predicted octanol–water partition coefficient (Wildman–Crippen LogP) is -0.368. The molecule has 0 spiro atoms. The number of amidine groups is 1. The van der Waals surface area contributed by atoms with Gasteiger partial charge in [-0.3, -0.25) is 4.99 Å². The summed E-state index contributed by atoms with van der Waals surface area (Å²) >= 11 is 1.63. The van der Waals surface area contributed by atoms with Crippen LogP contribution in [0.25, 0.3) is 0 Å². The lowest BCUT2D eigenvalue weighted by molar-refractivity contribution is -0.111. The van der Waals surface area contributed by atoms with Gasteiger partial charge in [0, 0.05) is 19.5 Å². The van der Waals surface area contributed by atoms with Crippen LogP contribution in [0.15, 0.2) is 4.99 Å². The molecule has 0 amide bonds. The van der Waals surface area contributed by atoms with Gasteiger partial charge >= 0.3 is 0 Å². The molecule has 6 heteroatoms. The van der Waals surface area contributed by atoms with Gasteiger partial charge in [-0.05, 0) is 6.42 Å². The third kappa shape index (κ3) is 1.73. The van der Waals surface area contributed by atoms with Crippen molar-refractivity contribution in [3.63, 3.8) is 0 Å². The largest absolute Gasteiger partial charge is 0.394 e. The molecular formula is C10H16N2O3S. The zero-order valence-corrected chi connectivity index (χ0v) is 9.77. The van der Waals surface area contributed by atoms with Gasteiger partial charge in [0.15, 0.2) is 5.17 Å². The van der Waals surface area contributed by atoms with Crippen molar-refractivity contribution in [2.45, 2.75) is 36.5 Å². The molecule has 3 aliphatic rings. The molecule has 0 aromatic carbocycles. The lowest BCUT2D eigenvalue weighted by Crippen LogP contribution is -2.45. The zero-order valence-electron chi connectivity index (χ0n) is 8.95. The molecule has 0 aromatic heterocycles. The fraction of sp³-hybridized carbons (Fsp3) is 0.900. The molecule has 16 heavy (non-hydrogen) atoms. The van der Waals surface area contributed by atoms with Crippen molar-refractivity contribution in [2.75, 3.05) is 19.7 Å². The predicted molar refractivity (Wildman–Crippen MR) is 61.4 cm³/mol. The number of hydrogen-bond acceptors (Lipinski definition) is 6. The van der Waals surface area contributed by atoms with E-state index in [0.717, 1.165) is 18.3 Å². The van der Waals surface area contributed by atoms with Gasteiger partial charge in [0.2, 0.25) is 0 Å². The van der Waals surface area contributed by atoms with Crippen molar-refractivity contribution < 1.29 is 14.9 Å². The molecule has 0 saturated carbocycles. The molecule has 3 heterocycles. The van der Waals surface area contributed by atoms with E-state index in [9.17, 15) is 5.11 Å². The summed E-state index contributed by atoms with van der Waals surface area (Å²) in [6.07, 6.45) is 0.795. The SMILES string of the molecule is OCC1OC2SC(N3CCC3)=NC2CC1O. The molecule has 0 aromatic rings. The van der Waals surface area contributed by atoms with Gasteiger partial charge in [0.05, 0.1) is 18.8 Å². The van der Waals surface area contributed by atoms with E-state index in [1.54, 1.807) is 11.8 Å². The lowest BCUT2D eigenvalue weighted by atomic mass is 10.0. The van der Waals surface area contributed by atoms with E-state index in [1.165, 1.54) is 6.42 Å². The first kappa shape index (κ1) is 10.8. The van der Waals surface area contributed by atoms with Crippen LogP contribution in [0.1, 0.15) is 12.8 Å². The number of ether oxygens (including phenoxy) is 1. The minimum atomic E-state index is -0.591. The maximum absolute atomic E-state index is 9.73. The molecule has 90 valence electrons. The molecule has 3 aliphatic heterocycles. The van der Waals surface area contributed by atoms with Crippen LogP contribution in [-0.2, 0) is 4.74 Å². The Morgan fingerprint density at radius 1 is 1.50 bits per heavy atom. The summed E-state index contributed by atoms with van der Waals surface area (Å²) in [6, 6.07) is 0.0541. The van der Waals surface area contributed by atoms with Crippen LogP contribution < -0.4 is 0 Å². The fourth-order valence-electron chi connectivity index (χ4n) is 2.19. The zero-order chi connectivity index (χ0) is 11.1. The second kappa shape index (κ2) is 4.18. The number of hydrogen-bond donors (Lipinski definition) is 2. The van der Waals surface area contributed by atoms with Gasteiger partial charge in [0.25, 0.3) is 0 Å². The van der Waals surface area contributed by atoms with Crippen molar-refractivity contribution in [3.8, 4) is 0 Å². The van der Waals surface area contributed by atoms with Crippen LogP contribution in [-0.4, -0.2) is 63.7 Å². The highest BCUT2D eigenvalue weighted by Crippen LogP contribution is 2.37. The third-order valence-electron chi connectivity index (χ3n) is 3.34. The summed E-state index contributed by atoms with van der Waals surface area (Å²) in [5, 5.41) is 19.9. The number of aliphatic imine (C=N–C) groups is 1. The molecule has 0 aliphatic carbocycles. The van der Waals surface area contributed by atoms with Crippen molar-refractivity contribution in [1.29, 1.82) is 0 Å². The maximum atomic E-state index is 9.73. The van der Waals surface area contributed by atoms with E-state index >= 15 is 0 Å². The Labute approximate surface area is 98.5 Å². The fourth-order valence-corrected chi connectivity index (χ4v) is 3.45. The van der Waals surface area contributed by atoms with E-state index in [0.29, 0.717) is 6.42 Å². The molecule has 5 nitrogen and oxygen atoms in total. The average Bonchev–Trinajstić information content (AvgIpc) is 2.55. The number of thioether (sulfide) groups is 1. The van der Waals surface area contributed by atoms with Gasteiger partial charge in [-0.25, -0.2) is 0 Å². The van der Waals surface area contributed by atoms with Crippen LogP contribution in [0.3, 0.4) is 0 Å². The van der Waals surface area contributed by atoms with Crippen molar-refractivity contribution in [2.24, 2.45) is 4.99 Å². The quantitative estimate of drug-likeness (QED) is 0.659. The maximum Gasteiger partial charge on any atom is 0.162 e. The second-order valence-corrected chi connectivity index (χ2v) is 5.53. The van der Waals surface area contributed by atoms with E-state index in [-0.39, 0.29) is 18.1 Å². The molecule has 2 fully saturated rings. The molecule has 0 radical (unpaired) electrons. The summed E-state index contributed by atoms with van der Waals surface area (Å²) < 4.78 is 5.64. The van der Waals surface area contributed by atoms with Gasteiger partial charge in [-0.15, -0.1) is 0 Å². The minimum Gasteiger partial charge on any atom is -0.394 e. The van der Waals surface area contributed by atoms with Crippen molar-refractivity contribution in [3.05, 3.63) is 0 Å². The van der Waals surface area contributed by atoms with Crippen molar-refractivity contribution >= 4 is 16.9 Å². The Balaban J connectivity index is 1.67. The molecule has 4 atom stereocenters. The van der Waals surface area contributed by atoms with Gasteiger partial charge in [-0.1, -0.05) is 11.8 Å². The van der Waals surface area contributed by atoms with Crippen LogP contribution in [0.2, 0.25) is 0 Å². The molecular weight excluding hydrogens is 228 g/mol. The standard InChI is InChI=1S/C10H16N2O3S/c13-5-8-7(14)4-6-9(15-8)16-10(11-6)12-2-1-3-12/h6-9,13-14H,1-5H2. The van der Waals surface area contributed by atoms with Crippen molar-refractivity contribution in [1.82, 2.24) is 4.90 Å². The smallest absolute Gasteiger partial charge is 0.162 e. The summed E-state index contributed by atoms with van der Waals surface area (Å²) in [7, 11) is 0. The first-order chi connectivity index (χ1) is 7.78. The van der Waals surface area contributed by atoms with Gasteiger partial charge in [-0.2, -0.15) is 0 Å². The highest BCUT2D eigenvalue weighted by Gasteiger charge is 2.43.